The third-order valence-electron chi connectivity index (χ3n) is 4.48. The second kappa shape index (κ2) is 6.40. The Balaban J connectivity index is 2.00. The topological polar surface area (TPSA) is 55.1 Å². The molecular formula is C17H26N2O. The fraction of sp³-hybridized carbons (Fsp3) is 0.588. The molecular weight excluding hydrogens is 248 g/mol. The first-order valence-corrected chi connectivity index (χ1v) is 7.63. The van der Waals surface area contributed by atoms with Crippen LogP contribution in [-0.4, -0.2) is 12.5 Å². The van der Waals surface area contributed by atoms with Crippen molar-refractivity contribution >= 4 is 11.6 Å². The second-order valence-corrected chi connectivity index (χ2v) is 6.51. The lowest BCUT2D eigenvalue weighted by molar-refractivity contribution is -0.124. The molecule has 0 aromatic heterocycles. The summed E-state index contributed by atoms with van der Waals surface area (Å²) in [5.74, 6) is 0.293. The average molecular weight is 274 g/mol. The molecule has 1 amide bonds. The van der Waals surface area contributed by atoms with E-state index in [1.165, 1.54) is 12.0 Å². The number of amides is 1. The Bertz CT molecular complexity index is 451. The van der Waals surface area contributed by atoms with Gasteiger partial charge in [-0.15, -0.1) is 0 Å². The number of nitrogens with one attached hydrogen (secondary N) is 1. The van der Waals surface area contributed by atoms with E-state index in [2.05, 4.69) is 19.2 Å². The summed E-state index contributed by atoms with van der Waals surface area (Å²) < 4.78 is 0. The fourth-order valence-corrected chi connectivity index (χ4v) is 3.13. The van der Waals surface area contributed by atoms with Crippen LogP contribution in [0.15, 0.2) is 24.3 Å². The maximum absolute atomic E-state index is 12.5. The molecule has 1 saturated carbocycles. The van der Waals surface area contributed by atoms with Gasteiger partial charge in [0, 0.05) is 11.6 Å². The van der Waals surface area contributed by atoms with Crippen molar-refractivity contribution in [2.24, 2.45) is 17.1 Å². The molecule has 0 aliphatic heterocycles. The fourth-order valence-electron chi connectivity index (χ4n) is 3.13. The highest BCUT2D eigenvalue weighted by Crippen LogP contribution is 2.41. The smallest absolute Gasteiger partial charge is 0.228 e. The summed E-state index contributed by atoms with van der Waals surface area (Å²) in [4.78, 5) is 12.5. The predicted octanol–water partition coefficient (Wildman–Crippen LogP) is 3.34. The van der Waals surface area contributed by atoms with Gasteiger partial charge in [0.2, 0.25) is 5.91 Å². The van der Waals surface area contributed by atoms with Crippen LogP contribution in [0.25, 0.3) is 0 Å². The van der Waals surface area contributed by atoms with E-state index in [1.807, 2.05) is 24.3 Å². The molecule has 0 spiro atoms. The van der Waals surface area contributed by atoms with Crippen LogP contribution in [-0.2, 0) is 11.2 Å². The molecule has 1 unspecified atom stereocenters. The van der Waals surface area contributed by atoms with Crippen molar-refractivity contribution in [1.82, 2.24) is 0 Å². The van der Waals surface area contributed by atoms with Crippen molar-refractivity contribution in [1.29, 1.82) is 0 Å². The zero-order chi connectivity index (χ0) is 14.6. The van der Waals surface area contributed by atoms with Crippen molar-refractivity contribution in [3.8, 4) is 0 Å². The first-order valence-electron chi connectivity index (χ1n) is 7.63. The van der Waals surface area contributed by atoms with Crippen LogP contribution in [0.2, 0.25) is 0 Å². The SMILES string of the molecule is CC1(C)CCCCC1C(=O)Nc1ccc(CCN)cc1. The van der Waals surface area contributed by atoms with Gasteiger partial charge in [-0.2, -0.15) is 0 Å². The highest BCUT2D eigenvalue weighted by molar-refractivity contribution is 5.93. The van der Waals surface area contributed by atoms with Gasteiger partial charge in [-0.25, -0.2) is 0 Å². The van der Waals surface area contributed by atoms with Gasteiger partial charge in [-0.3, -0.25) is 4.79 Å². The van der Waals surface area contributed by atoms with E-state index in [4.69, 9.17) is 5.73 Å². The van der Waals surface area contributed by atoms with Crippen LogP contribution in [0.1, 0.15) is 45.1 Å². The van der Waals surface area contributed by atoms with Crippen molar-refractivity contribution in [2.75, 3.05) is 11.9 Å². The van der Waals surface area contributed by atoms with Gasteiger partial charge in [0.25, 0.3) is 0 Å². The Kier molecular flexibility index (Phi) is 4.81. The van der Waals surface area contributed by atoms with Crippen LogP contribution in [0.4, 0.5) is 5.69 Å². The summed E-state index contributed by atoms with van der Waals surface area (Å²) in [6.45, 7) is 5.07. The lowest BCUT2D eigenvalue weighted by Crippen LogP contribution is -2.37. The molecule has 1 aliphatic rings. The first-order chi connectivity index (χ1) is 9.53. The molecule has 0 radical (unpaired) electrons. The number of hydrogen-bond donors (Lipinski definition) is 2. The van der Waals surface area contributed by atoms with Crippen LogP contribution < -0.4 is 11.1 Å². The second-order valence-electron chi connectivity index (χ2n) is 6.51. The van der Waals surface area contributed by atoms with Gasteiger partial charge in [0.15, 0.2) is 0 Å². The Hall–Kier alpha value is -1.35. The third kappa shape index (κ3) is 3.60. The normalized spacial score (nSPS) is 21.4. The van der Waals surface area contributed by atoms with Gasteiger partial charge in [0.1, 0.15) is 0 Å². The number of anilines is 1. The standard InChI is InChI=1S/C17H26N2O/c1-17(2)11-4-3-5-15(17)16(20)19-14-8-6-13(7-9-14)10-12-18/h6-9,15H,3-5,10-12,18H2,1-2H3,(H,19,20). The van der Waals surface area contributed by atoms with E-state index in [9.17, 15) is 4.79 Å². The minimum absolute atomic E-state index is 0.113. The Morgan fingerprint density at radius 1 is 1.30 bits per heavy atom. The Morgan fingerprint density at radius 3 is 2.60 bits per heavy atom. The summed E-state index contributed by atoms with van der Waals surface area (Å²) in [5, 5.41) is 3.07. The Morgan fingerprint density at radius 2 is 2.00 bits per heavy atom. The van der Waals surface area contributed by atoms with E-state index >= 15 is 0 Å². The molecule has 110 valence electrons. The molecule has 1 aromatic carbocycles. The Labute approximate surface area is 121 Å². The zero-order valence-electron chi connectivity index (χ0n) is 12.6. The highest BCUT2D eigenvalue weighted by Gasteiger charge is 2.36. The van der Waals surface area contributed by atoms with Gasteiger partial charge in [0.05, 0.1) is 0 Å². The van der Waals surface area contributed by atoms with Gasteiger partial charge in [-0.05, 0) is 48.9 Å². The van der Waals surface area contributed by atoms with Crippen molar-refractivity contribution < 1.29 is 4.79 Å². The lowest BCUT2D eigenvalue weighted by atomic mass is 9.68. The number of nitrogens with two attached hydrogens (primary N) is 1. The molecule has 20 heavy (non-hydrogen) atoms. The molecule has 0 heterocycles. The molecule has 1 aromatic rings. The maximum atomic E-state index is 12.5. The number of carbonyl (C=O) groups is 1. The number of benzene rings is 1. The molecule has 2 rings (SSSR count). The largest absolute Gasteiger partial charge is 0.330 e. The first kappa shape index (κ1) is 15.0. The highest BCUT2D eigenvalue weighted by atomic mass is 16.1. The van der Waals surface area contributed by atoms with E-state index in [0.29, 0.717) is 6.54 Å². The average Bonchev–Trinajstić information content (AvgIpc) is 2.40. The molecule has 1 atom stereocenters. The molecule has 3 N–H and O–H groups in total. The molecule has 1 fully saturated rings. The lowest BCUT2D eigenvalue weighted by Gasteiger charge is -2.37. The summed E-state index contributed by atoms with van der Waals surface area (Å²) >= 11 is 0. The van der Waals surface area contributed by atoms with Crippen molar-refractivity contribution in [3.05, 3.63) is 29.8 Å². The molecule has 1 aliphatic carbocycles. The summed E-state index contributed by atoms with van der Waals surface area (Å²) in [6, 6.07) is 8.01. The van der Waals surface area contributed by atoms with Crippen molar-refractivity contribution in [3.63, 3.8) is 0 Å². The molecule has 3 heteroatoms. The predicted molar refractivity (Wildman–Crippen MR) is 83.6 cm³/mol. The van der Waals surface area contributed by atoms with Gasteiger partial charge < -0.3 is 11.1 Å². The molecule has 0 bridgehead atoms. The maximum Gasteiger partial charge on any atom is 0.228 e. The van der Waals surface area contributed by atoms with E-state index < -0.39 is 0 Å². The van der Waals surface area contributed by atoms with E-state index in [1.54, 1.807) is 0 Å². The van der Waals surface area contributed by atoms with E-state index in [-0.39, 0.29) is 17.2 Å². The number of hydrogen-bond acceptors (Lipinski definition) is 2. The summed E-state index contributed by atoms with van der Waals surface area (Å²) in [5.41, 5.74) is 7.75. The third-order valence-corrected chi connectivity index (χ3v) is 4.48. The van der Waals surface area contributed by atoms with Crippen LogP contribution in [0.3, 0.4) is 0 Å². The van der Waals surface area contributed by atoms with Crippen molar-refractivity contribution in [2.45, 2.75) is 46.0 Å². The molecule has 0 saturated heterocycles. The monoisotopic (exact) mass is 274 g/mol. The van der Waals surface area contributed by atoms with E-state index in [0.717, 1.165) is 31.4 Å². The van der Waals surface area contributed by atoms with Gasteiger partial charge in [-0.1, -0.05) is 38.8 Å². The van der Waals surface area contributed by atoms with Crippen LogP contribution in [0.5, 0.6) is 0 Å². The zero-order valence-corrected chi connectivity index (χ0v) is 12.6. The minimum atomic E-state index is 0.113. The molecule has 3 nitrogen and oxygen atoms in total. The number of carbonyl (C=O) groups excluding carboxylic acids is 1. The minimum Gasteiger partial charge on any atom is -0.330 e. The van der Waals surface area contributed by atoms with Crippen LogP contribution >= 0.6 is 0 Å². The van der Waals surface area contributed by atoms with Crippen LogP contribution in [0, 0.1) is 11.3 Å². The number of rotatable bonds is 4. The summed E-state index contributed by atoms with van der Waals surface area (Å²) in [7, 11) is 0. The quantitative estimate of drug-likeness (QED) is 0.884. The van der Waals surface area contributed by atoms with Gasteiger partial charge >= 0.3 is 0 Å². The summed E-state index contributed by atoms with van der Waals surface area (Å²) in [6.07, 6.45) is 5.43.